The van der Waals surface area contributed by atoms with Crippen molar-refractivity contribution in [3.63, 3.8) is 0 Å². The number of carbonyl (C=O) groups excluding carboxylic acids is 1. The van der Waals surface area contributed by atoms with Crippen LogP contribution in [0.1, 0.15) is 27.2 Å². The van der Waals surface area contributed by atoms with Crippen molar-refractivity contribution in [1.82, 2.24) is 4.90 Å². The molecule has 1 amide bonds. The minimum atomic E-state index is -0.0643. The second-order valence-electron chi connectivity index (χ2n) is 4.14. The van der Waals surface area contributed by atoms with Crippen molar-refractivity contribution in [3.05, 3.63) is 0 Å². The highest BCUT2D eigenvalue weighted by atomic mass is 35.5. The summed E-state index contributed by atoms with van der Waals surface area (Å²) in [5.74, 6) is 0.185. The summed E-state index contributed by atoms with van der Waals surface area (Å²) in [7, 11) is 0. The molecule has 12 heavy (non-hydrogen) atoms. The fraction of sp³-hybridized carbons (Fsp3) is 0.875. The zero-order valence-electron chi connectivity index (χ0n) is 7.83. The quantitative estimate of drug-likeness (QED) is 0.616. The zero-order valence-corrected chi connectivity index (χ0v) is 8.65. The zero-order chi connectivity index (χ0) is 8.65. The lowest BCUT2D eigenvalue weighted by molar-refractivity contribution is -0.131. The number of amides is 1. The predicted molar refractivity (Wildman–Crippen MR) is 51.3 cm³/mol. The van der Waals surface area contributed by atoms with Crippen LogP contribution in [0.5, 0.6) is 0 Å². The highest BCUT2D eigenvalue weighted by Crippen LogP contribution is 2.20. The number of halogens is 1. The molecule has 0 aromatic heterocycles. The fourth-order valence-electron chi connectivity index (χ4n) is 1.38. The van der Waals surface area contributed by atoms with E-state index in [0.29, 0.717) is 13.0 Å². The predicted octanol–water partition coefficient (Wildman–Crippen LogP) is 0.766. The van der Waals surface area contributed by atoms with Gasteiger partial charge in [-0.3, -0.25) is 4.79 Å². The average molecular weight is 193 g/mol. The maximum Gasteiger partial charge on any atom is 0.224 e. The second kappa shape index (κ2) is 3.62. The first-order valence-electron chi connectivity index (χ1n) is 3.97. The number of carbonyl (C=O) groups is 1. The van der Waals surface area contributed by atoms with Gasteiger partial charge in [0.2, 0.25) is 5.91 Å². The van der Waals surface area contributed by atoms with Gasteiger partial charge in [-0.15, -0.1) is 12.4 Å². The molecule has 0 saturated carbocycles. The van der Waals surface area contributed by atoms with E-state index in [4.69, 9.17) is 5.73 Å². The van der Waals surface area contributed by atoms with Crippen LogP contribution >= 0.6 is 12.4 Å². The van der Waals surface area contributed by atoms with Crippen LogP contribution < -0.4 is 5.73 Å². The minimum Gasteiger partial charge on any atom is -0.336 e. The Balaban J connectivity index is 0.00000121. The third-order valence-electron chi connectivity index (χ3n) is 1.96. The Morgan fingerprint density at radius 3 is 2.17 bits per heavy atom. The largest absolute Gasteiger partial charge is 0.336 e. The van der Waals surface area contributed by atoms with Gasteiger partial charge >= 0.3 is 0 Å². The van der Waals surface area contributed by atoms with Gasteiger partial charge in [-0.1, -0.05) is 0 Å². The van der Waals surface area contributed by atoms with Crippen LogP contribution in [0.15, 0.2) is 0 Å². The second-order valence-corrected chi connectivity index (χ2v) is 4.14. The molecule has 1 atom stereocenters. The number of rotatable bonds is 0. The van der Waals surface area contributed by atoms with E-state index in [9.17, 15) is 4.79 Å². The molecular weight excluding hydrogens is 176 g/mol. The van der Waals surface area contributed by atoms with Crippen molar-refractivity contribution in [2.75, 3.05) is 6.54 Å². The molecule has 1 rings (SSSR count). The maximum absolute atomic E-state index is 11.3. The summed E-state index contributed by atoms with van der Waals surface area (Å²) >= 11 is 0. The Hall–Kier alpha value is -0.280. The molecule has 72 valence electrons. The Morgan fingerprint density at radius 2 is 2.00 bits per heavy atom. The summed E-state index contributed by atoms with van der Waals surface area (Å²) in [6.07, 6.45) is 0.511. The van der Waals surface area contributed by atoms with E-state index in [0.717, 1.165) is 0 Å². The summed E-state index contributed by atoms with van der Waals surface area (Å²) in [6, 6.07) is 0.0433. The summed E-state index contributed by atoms with van der Waals surface area (Å²) in [5.41, 5.74) is 5.59. The summed E-state index contributed by atoms with van der Waals surface area (Å²) in [5, 5.41) is 0. The van der Waals surface area contributed by atoms with Gasteiger partial charge in [-0.05, 0) is 20.8 Å². The van der Waals surface area contributed by atoms with Gasteiger partial charge in [0.05, 0.1) is 0 Å². The van der Waals surface area contributed by atoms with Crippen LogP contribution in [0.25, 0.3) is 0 Å². The SMILES string of the molecule is CC(C)(C)N1CC(N)CC1=O.Cl. The van der Waals surface area contributed by atoms with Gasteiger partial charge in [0, 0.05) is 24.5 Å². The van der Waals surface area contributed by atoms with Crippen LogP contribution in [-0.2, 0) is 4.79 Å². The lowest BCUT2D eigenvalue weighted by atomic mass is 10.1. The van der Waals surface area contributed by atoms with Crippen LogP contribution in [-0.4, -0.2) is 28.9 Å². The molecule has 0 aromatic carbocycles. The van der Waals surface area contributed by atoms with Gasteiger partial charge in [0.15, 0.2) is 0 Å². The smallest absolute Gasteiger partial charge is 0.224 e. The monoisotopic (exact) mass is 192 g/mol. The molecule has 1 fully saturated rings. The molecular formula is C8H17ClN2O. The summed E-state index contributed by atoms with van der Waals surface area (Å²) < 4.78 is 0. The fourth-order valence-corrected chi connectivity index (χ4v) is 1.38. The third-order valence-corrected chi connectivity index (χ3v) is 1.96. The molecule has 0 aromatic rings. The molecule has 1 saturated heterocycles. The number of hydrogen-bond donors (Lipinski definition) is 1. The number of likely N-dealkylation sites (tertiary alicyclic amines) is 1. The molecule has 4 heteroatoms. The van der Waals surface area contributed by atoms with Gasteiger partial charge in [-0.25, -0.2) is 0 Å². The average Bonchev–Trinajstić information content (AvgIpc) is 2.08. The molecule has 3 nitrogen and oxygen atoms in total. The van der Waals surface area contributed by atoms with Crippen molar-refractivity contribution in [2.24, 2.45) is 5.73 Å². The summed E-state index contributed by atoms with van der Waals surface area (Å²) in [6.45, 7) is 6.80. The Labute approximate surface area is 79.7 Å². The van der Waals surface area contributed by atoms with E-state index in [1.807, 2.05) is 25.7 Å². The Morgan fingerprint density at radius 1 is 1.50 bits per heavy atom. The number of nitrogens with two attached hydrogens (primary N) is 1. The van der Waals surface area contributed by atoms with Crippen LogP contribution in [0.3, 0.4) is 0 Å². The summed E-state index contributed by atoms with van der Waals surface area (Å²) in [4.78, 5) is 13.1. The molecule has 2 N–H and O–H groups in total. The number of nitrogens with zero attached hydrogens (tertiary/aromatic N) is 1. The van der Waals surface area contributed by atoms with Gasteiger partial charge in [0.25, 0.3) is 0 Å². The number of hydrogen-bond acceptors (Lipinski definition) is 2. The van der Waals surface area contributed by atoms with Gasteiger partial charge in [-0.2, -0.15) is 0 Å². The first-order valence-corrected chi connectivity index (χ1v) is 3.97. The molecule has 0 radical (unpaired) electrons. The molecule has 1 aliphatic heterocycles. The minimum absolute atomic E-state index is 0. The maximum atomic E-state index is 11.3. The Kier molecular flexibility index (Phi) is 3.54. The normalized spacial score (nSPS) is 24.2. The molecule has 1 aliphatic rings. The van der Waals surface area contributed by atoms with Crippen molar-refractivity contribution in [3.8, 4) is 0 Å². The van der Waals surface area contributed by atoms with E-state index >= 15 is 0 Å². The van der Waals surface area contributed by atoms with E-state index in [1.54, 1.807) is 0 Å². The molecule has 0 bridgehead atoms. The van der Waals surface area contributed by atoms with Gasteiger partial charge < -0.3 is 10.6 Å². The lowest BCUT2D eigenvalue weighted by Gasteiger charge is -2.31. The lowest BCUT2D eigenvalue weighted by Crippen LogP contribution is -2.43. The van der Waals surface area contributed by atoms with E-state index < -0.39 is 0 Å². The van der Waals surface area contributed by atoms with E-state index in [2.05, 4.69) is 0 Å². The standard InChI is InChI=1S/C8H16N2O.ClH/c1-8(2,3)10-5-6(9)4-7(10)11;/h6H,4-5,9H2,1-3H3;1H. The van der Waals surface area contributed by atoms with Crippen LogP contribution in [0.2, 0.25) is 0 Å². The van der Waals surface area contributed by atoms with Crippen LogP contribution in [0, 0.1) is 0 Å². The molecule has 1 unspecified atom stereocenters. The first kappa shape index (κ1) is 11.7. The first-order chi connectivity index (χ1) is 4.91. The topological polar surface area (TPSA) is 46.3 Å². The van der Waals surface area contributed by atoms with Crippen molar-refractivity contribution >= 4 is 18.3 Å². The van der Waals surface area contributed by atoms with E-state index in [1.165, 1.54) is 0 Å². The molecule has 1 heterocycles. The molecule has 0 spiro atoms. The third kappa shape index (κ3) is 2.35. The molecule has 0 aliphatic carbocycles. The van der Waals surface area contributed by atoms with Crippen molar-refractivity contribution in [1.29, 1.82) is 0 Å². The van der Waals surface area contributed by atoms with Crippen molar-refractivity contribution in [2.45, 2.75) is 38.8 Å². The Bertz CT molecular complexity index is 176. The van der Waals surface area contributed by atoms with Gasteiger partial charge in [0.1, 0.15) is 0 Å². The van der Waals surface area contributed by atoms with Crippen molar-refractivity contribution < 1.29 is 4.79 Å². The highest BCUT2D eigenvalue weighted by molar-refractivity contribution is 5.85. The highest BCUT2D eigenvalue weighted by Gasteiger charge is 2.34. The van der Waals surface area contributed by atoms with E-state index in [-0.39, 0.29) is 29.9 Å². The van der Waals surface area contributed by atoms with Crippen LogP contribution in [0.4, 0.5) is 0 Å².